The van der Waals surface area contributed by atoms with Gasteiger partial charge in [0.15, 0.2) is 0 Å². The van der Waals surface area contributed by atoms with E-state index in [2.05, 4.69) is 40.6 Å². The van der Waals surface area contributed by atoms with E-state index in [1.54, 1.807) is 0 Å². The molecule has 0 amide bonds. The molecule has 6 nitrogen and oxygen atoms in total. The number of aryl methyl sites for hydroxylation is 1. The number of morpholine rings is 1. The zero-order valence-electron chi connectivity index (χ0n) is 17.2. The predicted octanol–water partition coefficient (Wildman–Crippen LogP) is 3.31. The van der Waals surface area contributed by atoms with Crippen LogP contribution in [0.25, 0.3) is 11.3 Å². The number of hydrogen-bond acceptors (Lipinski definition) is 5. The molecule has 3 heterocycles. The van der Waals surface area contributed by atoms with Crippen LogP contribution in [0.15, 0.2) is 18.5 Å². The van der Waals surface area contributed by atoms with Crippen molar-refractivity contribution in [1.82, 2.24) is 19.4 Å². The summed E-state index contributed by atoms with van der Waals surface area (Å²) in [5, 5.41) is 0. The highest BCUT2D eigenvalue weighted by molar-refractivity contribution is 5.61. The van der Waals surface area contributed by atoms with Gasteiger partial charge in [0.2, 0.25) is 0 Å². The average Bonchev–Trinajstić information content (AvgIpc) is 3.07. The van der Waals surface area contributed by atoms with Crippen LogP contribution < -0.4 is 5.73 Å². The summed E-state index contributed by atoms with van der Waals surface area (Å²) < 4.78 is 8.07. The number of pyridine rings is 1. The maximum Gasteiger partial charge on any atom is 0.126 e. The first-order valence-corrected chi connectivity index (χ1v) is 10.6. The predicted molar refractivity (Wildman–Crippen MR) is 110 cm³/mol. The number of nitrogens with two attached hydrogens (primary N) is 1. The summed E-state index contributed by atoms with van der Waals surface area (Å²) in [4.78, 5) is 12.1. The minimum Gasteiger partial charge on any atom is -0.383 e. The Morgan fingerprint density at radius 1 is 1.21 bits per heavy atom. The van der Waals surface area contributed by atoms with E-state index in [1.165, 1.54) is 25.1 Å². The molecule has 2 aromatic rings. The number of nitrogens with zero attached hydrogens (tertiary/aromatic N) is 4. The fraction of sp³-hybridized carbons (Fsp3) is 0.636. The van der Waals surface area contributed by atoms with Gasteiger partial charge in [0.1, 0.15) is 11.6 Å². The average molecular weight is 382 g/mol. The standard InChI is InChI=1S/C22H31N5O/c1-4-15(2)20-25-18(17-9-16(3)19(23)24-10-17)11-27(20)22-12-21(13-22,14-22)26-5-7-28-8-6-26/h9-11,15H,4-8,12-14H2,1-3H3,(H2,23,24). The van der Waals surface area contributed by atoms with E-state index < -0.39 is 0 Å². The molecule has 2 bridgehead atoms. The van der Waals surface area contributed by atoms with Crippen LogP contribution in [0.3, 0.4) is 0 Å². The van der Waals surface area contributed by atoms with Crippen molar-refractivity contribution in [2.45, 2.75) is 63.5 Å². The first-order chi connectivity index (χ1) is 13.5. The topological polar surface area (TPSA) is 69.2 Å². The molecule has 28 heavy (non-hydrogen) atoms. The second kappa shape index (κ2) is 6.29. The third-order valence-electron chi connectivity index (χ3n) is 7.37. The maximum atomic E-state index is 5.91. The summed E-state index contributed by atoms with van der Waals surface area (Å²) in [6, 6.07) is 2.10. The Hall–Kier alpha value is -1.92. The molecule has 6 rings (SSSR count). The lowest BCUT2D eigenvalue weighted by atomic mass is 9.43. The Balaban J connectivity index is 1.45. The summed E-state index contributed by atoms with van der Waals surface area (Å²) in [7, 11) is 0. The van der Waals surface area contributed by atoms with E-state index in [4.69, 9.17) is 15.5 Å². The molecule has 1 unspecified atom stereocenters. The highest BCUT2D eigenvalue weighted by Crippen LogP contribution is 2.68. The van der Waals surface area contributed by atoms with Crippen molar-refractivity contribution in [1.29, 1.82) is 0 Å². The molecular weight excluding hydrogens is 350 g/mol. The molecule has 1 atom stereocenters. The number of hydrogen-bond donors (Lipinski definition) is 1. The summed E-state index contributed by atoms with van der Waals surface area (Å²) in [5.41, 5.74) is 9.68. The van der Waals surface area contributed by atoms with Crippen LogP contribution in [0, 0.1) is 6.92 Å². The van der Waals surface area contributed by atoms with Crippen molar-refractivity contribution in [2.24, 2.45) is 0 Å². The molecular formula is C22H31N5O. The van der Waals surface area contributed by atoms with Crippen LogP contribution in [-0.4, -0.2) is 51.3 Å². The summed E-state index contributed by atoms with van der Waals surface area (Å²) in [6.45, 7) is 10.5. The Bertz CT molecular complexity index is 879. The second-order valence-electron chi connectivity index (χ2n) is 9.17. The van der Waals surface area contributed by atoms with Crippen molar-refractivity contribution in [3.05, 3.63) is 29.8 Å². The number of imidazole rings is 1. The van der Waals surface area contributed by atoms with Crippen molar-refractivity contribution in [3.63, 3.8) is 0 Å². The maximum absolute atomic E-state index is 5.91. The molecule has 1 aliphatic heterocycles. The molecule has 0 radical (unpaired) electrons. The third-order valence-corrected chi connectivity index (χ3v) is 7.37. The molecule has 3 saturated carbocycles. The molecule has 0 aromatic carbocycles. The quantitative estimate of drug-likeness (QED) is 0.860. The van der Waals surface area contributed by atoms with Gasteiger partial charge in [0.25, 0.3) is 0 Å². The molecule has 2 N–H and O–H groups in total. The fourth-order valence-corrected chi connectivity index (χ4v) is 5.48. The minimum absolute atomic E-state index is 0.262. The summed E-state index contributed by atoms with van der Waals surface area (Å²) in [6.07, 6.45) is 8.97. The number of nitrogen functional groups attached to an aromatic ring is 1. The number of anilines is 1. The first kappa shape index (κ1) is 18.1. The van der Waals surface area contributed by atoms with Crippen LogP contribution >= 0.6 is 0 Å². The van der Waals surface area contributed by atoms with Crippen molar-refractivity contribution >= 4 is 5.82 Å². The van der Waals surface area contributed by atoms with Gasteiger partial charge < -0.3 is 15.0 Å². The fourth-order valence-electron chi connectivity index (χ4n) is 5.48. The number of rotatable bonds is 5. The van der Waals surface area contributed by atoms with Crippen LogP contribution in [0.2, 0.25) is 0 Å². The summed E-state index contributed by atoms with van der Waals surface area (Å²) in [5.74, 6) is 2.27. The largest absolute Gasteiger partial charge is 0.383 e. The zero-order valence-corrected chi connectivity index (χ0v) is 17.2. The lowest BCUT2D eigenvalue weighted by molar-refractivity contribution is -0.221. The van der Waals surface area contributed by atoms with Gasteiger partial charge in [-0.15, -0.1) is 0 Å². The smallest absolute Gasteiger partial charge is 0.126 e. The van der Waals surface area contributed by atoms with E-state index in [0.717, 1.165) is 49.5 Å². The van der Waals surface area contributed by atoms with E-state index in [0.29, 0.717) is 17.3 Å². The SMILES string of the molecule is CCC(C)c1nc(-c2cnc(N)c(C)c2)cn1C12CC(N3CCOCC3)(C1)C2. The zero-order chi connectivity index (χ0) is 19.5. The van der Waals surface area contributed by atoms with Crippen LogP contribution in [0.1, 0.15) is 56.8 Å². The van der Waals surface area contributed by atoms with E-state index >= 15 is 0 Å². The minimum atomic E-state index is 0.262. The molecule has 150 valence electrons. The Morgan fingerprint density at radius 3 is 2.57 bits per heavy atom. The highest BCUT2D eigenvalue weighted by Gasteiger charge is 2.71. The van der Waals surface area contributed by atoms with Gasteiger partial charge in [-0.1, -0.05) is 13.8 Å². The van der Waals surface area contributed by atoms with E-state index in [-0.39, 0.29) is 5.54 Å². The second-order valence-corrected chi connectivity index (χ2v) is 9.17. The van der Waals surface area contributed by atoms with Gasteiger partial charge in [-0.05, 0) is 44.2 Å². The van der Waals surface area contributed by atoms with Crippen molar-refractivity contribution in [2.75, 3.05) is 32.0 Å². The van der Waals surface area contributed by atoms with Gasteiger partial charge in [-0.25, -0.2) is 9.97 Å². The van der Waals surface area contributed by atoms with Gasteiger partial charge >= 0.3 is 0 Å². The Morgan fingerprint density at radius 2 is 1.93 bits per heavy atom. The van der Waals surface area contributed by atoms with Gasteiger partial charge in [-0.3, -0.25) is 4.90 Å². The Kier molecular flexibility index (Phi) is 4.07. The monoisotopic (exact) mass is 381 g/mol. The van der Waals surface area contributed by atoms with Crippen molar-refractivity contribution in [3.8, 4) is 11.3 Å². The molecule has 1 saturated heterocycles. The first-order valence-electron chi connectivity index (χ1n) is 10.6. The molecule has 2 aromatic heterocycles. The molecule has 4 aliphatic rings. The molecule has 6 heteroatoms. The number of aromatic nitrogens is 3. The lowest BCUT2D eigenvalue weighted by Gasteiger charge is -2.74. The van der Waals surface area contributed by atoms with Gasteiger partial charge in [-0.2, -0.15) is 0 Å². The van der Waals surface area contributed by atoms with Gasteiger partial charge in [0.05, 0.1) is 24.4 Å². The number of ether oxygens (including phenoxy) is 1. The van der Waals surface area contributed by atoms with E-state index in [1.807, 2.05) is 13.1 Å². The molecule has 4 fully saturated rings. The van der Waals surface area contributed by atoms with Crippen molar-refractivity contribution < 1.29 is 4.74 Å². The van der Waals surface area contributed by atoms with Crippen LogP contribution in [-0.2, 0) is 10.3 Å². The lowest BCUT2D eigenvalue weighted by Crippen LogP contribution is -2.79. The molecule has 3 aliphatic carbocycles. The van der Waals surface area contributed by atoms with Crippen LogP contribution in [0.5, 0.6) is 0 Å². The normalized spacial score (nSPS) is 30.5. The Labute approximate surface area is 167 Å². The molecule has 0 spiro atoms. The van der Waals surface area contributed by atoms with Crippen LogP contribution in [0.4, 0.5) is 5.82 Å². The summed E-state index contributed by atoms with van der Waals surface area (Å²) >= 11 is 0. The van der Waals surface area contributed by atoms with E-state index in [9.17, 15) is 0 Å². The van der Waals surface area contributed by atoms with Gasteiger partial charge in [0, 0.05) is 42.5 Å². The highest BCUT2D eigenvalue weighted by atomic mass is 16.5. The third kappa shape index (κ3) is 2.54.